The van der Waals surface area contributed by atoms with Crippen molar-refractivity contribution in [2.75, 3.05) is 28.4 Å². The average molecular weight is 672 g/mol. The number of allylic oxidation sites excluding steroid dienone is 2. The topological polar surface area (TPSA) is 88.5 Å². The fourth-order valence-corrected chi connectivity index (χ4v) is 12.5. The lowest BCUT2D eigenvalue weighted by Gasteiger charge is -2.49. The molecule has 0 amide bonds. The van der Waals surface area contributed by atoms with E-state index < -0.39 is 54.7 Å². The zero-order valence-electron chi connectivity index (χ0n) is 24.0. The van der Waals surface area contributed by atoms with Crippen molar-refractivity contribution < 1.29 is 18.9 Å². The molecule has 8 atom stereocenters. The second-order valence-electron chi connectivity index (χ2n) is 12.2. The Kier molecular flexibility index (Phi) is 5.37. The lowest BCUT2D eigenvalue weighted by molar-refractivity contribution is -0.243. The van der Waals surface area contributed by atoms with E-state index in [0.717, 1.165) is 0 Å². The van der Waals surface area contributed by atoms with Crippen molar-refractivity contribution in [3.63, 3.8) is 0 Å². The van der Waals surface area contributed by atoms with Crippen LogP contribution in [0, 0.1) is 23.7 Å². The van der Waals surface area contributed by atoms with Crippen molar-refractivity contribution in [2.45, 2.75) is 31.1 Å². The lowest BCUT2D eigenvalue weighted by Crippen LogP contribution is -2.56. The minimum atomic E-state index is -1.58. The third-order valence-electron chi connectivity index (χ3n) is 11.1. The largest absolute Gasteiger partial charge is 0.349 e. The summed E-state index contributed by atoms with van der Waals surface area (Å²) < 4.78 is 25.2. The Hall–Kier alpha value is -2.14. The normalized spacial score (nSPS) is 39.5. The van der Waals surface area contributed by atoms with Crippen LogP contribution in [0.2, 0.25) is 0 Å². The molecular formula is C32H26Cl4N4O4. The van der Waals surface area contributed by atoms with Gasteiger partial charge in [-0.1, -0.05) is 36.4 Å². The van der Waals surface area contributed by atoms with Gasteiger partial charge in [-0.05, 0) is 24.3 Å². The van der Waals surface area contributed by atoms with Gasteiger partial charge < -0.3 is 18.9 Å². The standard InChI is InChI=1S/C32H26Cl4N4O4/c1-41-31(42-2)27(33)15-13-14-16-22(21(15)29(31,35)25-23(27)37-17-9-5-7-11-19(17)39-25)30(36)26-24(28(16,34)32(30,43-3)44-4)38-18-10-6-8-12-20(18)40-26/h5-16,21-22H,1-4H3/t15-,16-,21-,22-,27-,28-,29+,30+/m0/s1. The summed E-state index contributed by atoms with van der Waals surface area (Å²) in [6, 6.07) is 15.2. The van der Waals surface area contributed by atoms with Gasteiger partial charge in [-0.3, -0.25) is 0 Å². The zero-order valence-corrected chi connectivity index (χ0v) is 27.0. The summed E-state index contributed by atoms with van der Waals surface area (Å²) in [6.45, 7) is 0. The Labute approximate surface area is 273 Å². The number of methoxy groups -OCH3 is 4. The van der Waals surface area contributed by atoms with Crippen molar-refractivity contribution in [1.29, 1.82) is 0 Å². The first-order valence-electron chi connectivity index (χ1n) is 14.3. The molecule has 5 aliphatic rings. The predicted molar refractivity (Wildman–Crippen MR) is 166 cm³/mol. The third-order valence-corrected chi connectivity index (χ3v) is 13.8. The lowest BCUT2D eigenvalue weighted by atomic mass is 9.60. The van der Waals surface area contributed by atoms with Crippen molar-refractivity contribution in [2.24, 2.45) is 23.7 Å². The molecule has 0 unspecified atom stereocenters. The maximum atomic E-state index is 8.04. The van der Waals surface area contributed by atoms with E-state index in [2.05, 4.69) is 0 Å². The second-order valence-corrected chi connectivity index (χ2v) is 14.6. The Bertz CT molecular complexity index is 1830. The highest BCUT2D eigenvalue weighted by Gasteiger charge is 2.93. The maximum absolute atomic E-state index is 8.04. The number of fused-ring (bicyclic) bond motifs is 19. The number of hydrogen-bond donors (Lipinski definition) is 0. The zero-order chi connectivity index (χ0) is 30.7. The fraction of sp³-hybridized carbons (Fsp3) is 0.438. The van der Waals surface area contributed by atoms with Gasteiger partial charge in [-0.2, -0.15) is 0 Å². The van der Waals surface area contributed by atoms with E-state index >= 15 is 0 Å². The van der Waals surface area contributed by atoms with Crippen LogP contribution < -0.4 is 0 Å². The molecule has 12 heteroatoms. The summed E-state index contributed by atoms with van der Waals surface area (Å²) in [5, 5.41) is 0. The molecule has 2 aromatic heterocycles. The van der Waals surface area contributed by atoms with Gasteiger partial charge in [0.2, 0.25) is 11.6 Å². The van der Waals surface area contributed by atoms with Gasteiger partial charge in [-0.25, -0.2) is 19.9 Å². The summed E-state index contributed by atoms with van der Waals surface area (Å²) in [5.74, 6) is -5.14. The number of para-hydroxylation sites is 4. The minimum absolute atomic E-state index is 0.454. The van der Waals surface area contributed by atoms with E-state index in [1.165, 1.54) is 0 Å². The highest BCUT2D eigenvalue weighted by atomic mass is 35.5. The molecule has 9 rings (SSSR count). The van der Waals surface area contributed by atoms with E-state index in [9.17, 15) is 0 Å². The van der Waals surface area contributed by atoms with Crippen molar-refractivity contribution in [3.8, 4) is 0 Å². The van der Waals surface area contributed by atoms with E-state index in [1.54, 1.807) is 28.4 Å². The van der Waals surface area contributed by atoms with Crippen LogP contribution >= 0.6 is 46.4 Å². The molecule has 0 radical (unpaired) electrons. The summed E-state index contributed by atoms with van der Waals surface area (Å²) in [7, 11) is 6.18. The van der Waals surface area contributed by atoms with Crippen molar-refractivity contribution >= 4 is 68.5 Å². The molecular weight excluding hydrogens is 646 g/mol. The number of aromatic nitrogens is 4. The Morgan fingerprint density at radius 3 is 1.02 bits per heavy atom. The summed E-state index contributed by atoms with van der Waals surface area (Å²) in [5.41, 5.74) is 4.75. The molecule has 2 fully saturated rings. The first-order valence-corrected chi connectivity index (χ1v) is 15.8. The maximum Gasteiger partial charge on any atom is 0.219 e. The minimum Gasteiger partial charge on any atom is -0.349 e. The predicted octanol–water partition coefficient (Wildman–Crippen LogP) is 6.08. The van der Waals surface area contributed by atoms with E-state index in [1.807, 2.05) is 60.7 Å². The molecule has 4 aromatic rings. The van der Waals surface area contributed by atoms with Gasteiger partial charge in [0.1, 0.15) is 9.75 Å². The van der Waals surface area contributed by atoms with Gasteiger partial charge in [0.15, 0.2) is 9.75 Å². The highest BCUT2D eigenvalue weighted by molar-refractivity contribution is 6.34. The van der Waals surface area contributed by atoms with Crippen LogP contribution in [0.5, 0.6) is 0 Å². The summed E-state index contributed by atoms with van der Waals surface area (Å²) in [6.07, 6.45) is 4.09. The van der Waals surface area contributed by atoms with Crippen LogP contribution in [-0.2, 0) is 38.4 Å². The van der Waals surface area contributed by atoms with Crippen molar-refractivity contribution in [1.82, 2.24) is 19.9 Å². The van der Waals surface area contributed by atoms with E-state index in [4.69, 9.17) is 85.3 Å². The Morgan fingerprint density at radius 2 is 0.750 bits per heavy atom. The van der Waals surface area contributed by atoms with Crippen LogP contribution in [-0.4, -0.2) is 59.9 Å². The van der Waals surface area contributed by atoms with Gasteiger partial charge in [0, 0.05) is 52.1 Å². The molecule has 8 nitrogen and oxygen atoms in total. The van der Waals surface area contributed by atoms with Crippen LogP contribution in [0.1, 0.15) is 22.8 Å². The molecule has 2 saturated carbocycles. The third kappa shape index (κ3) is 2.45. The molecule has 5 aliphatic carbocycles. The molecule has 2 heterocycles. The van der Waals surface area contributed by atoms with E-state index in [-0.39, 0.29) is 0 Å². The number of alkyl halides is 4. The Morgan fingerprint density at radius 1 is 0.477 bits per heavy atom. The number of halogens is 4. The van der Waals surface area contributed by atoms with Crippen LogP contribution in [0.3, 0.4) is 0 Å². The quantitative estimate of drug-likeness (QED) is 0.147. The number of nitrogens with zero attached hydrogens (tertiary/aromatic N) is 4. The molecule has 0 spiro atoms. The first kappa shape index (κ1) is 28.1. The number of hydrogen-bond acceptors (Lipinski definition) is 8. The van der Waals surface area contributed by atoms with Gasteiger partial charge >= 0.3 is 0 Å². The smallest absolute Gasteiger partial charge is 0.219 e. The molecule has 226 valence electrons. The molecule has 4 bridgehead atoms. The average Bonchev–Trinajstić information content (AvgIpc) is 3.50. The molecule has 44 heavy (non-hydrogen) atoms. The van der Waals surface area contributed by atoms with Crippen LogP contribution in [0.4, 0.5) is 0 Å². The highest BCUT2D eigenvalue weighted by Crippen LogP contribution is 2.85. The monoisotopic (exact) mass is 670 g/mol. The second kappa shape index (κ2) is 8.41. The molecule has 0 aliphatic heterocycles. The summed E-state index contributed by atoms with van der Waals surface area (Å²) >= 11 is 31.8. The van der Waals surface area contributed by atoms with Crippen molar-refractivity contribution in [3.05, 3.63) is 83.5 Å². The molecule has 0 saturated heterocycles. The van der Waals surface area contributed by atoms with Gasteiger partial charge in [-0.15, -0.1) is 46.4 Å². The molecule has 2 aromatic carbocycles. The number of rotatable bonds is 4. The first-order chi connectivity index (χ1) is 21.1. The van der Waals surface area contributed by atoms with Gasteiger partial charge in [0.25, 0.3) is 0 Å². The number of ether oxygens (including phenoxy) is 4. The summed E-state index contributed by atoms with van der Waals surface area (Å²) in [4.78, 5) is 14.6. The fourth-order valence-electron chi connectivity index (χ4n) is 9.71. The molecule has 0 N–H and O–H groups in total. The van der Waals surface area contributed by atoms with E-state index in [0.29, 0.717) is 44.8 Å². The van der Waals surface area contributed by atoms with Crippen LogP contribution in [0.15, 0.2) is 60.7 Å². The number of benzene rings is 2. The van der Waals surface area contributed by atoms with Crippen LogP contribution in [0.25, 0.3) is 22.1 Å². The Balaban J connectivity index is 1.38. The SMILES string of the molecule is COC1(OC)[C@@]2(Cl)c3nc4ccccc4nc3[C@]1(Cl)[C@@H]1[C@@H]3[C@H](C=C[C@@H]12)[C@]1(Cl)c2nc4ccccc4nc2[C@@]3(Cl)C1(OC)OC. The van der Waals surface area contributed by atoms with Gasteiger partial charge in [0.05, 0.1) is 44.8 Å².